The van der Waals surface area contributed by atoms with Crippen LogP contribution in [0.2, 0.25) is 0 Å². The second-order valence-corrected chi connectivity index (χ2v) is 6.96. The minimum atomic E-state index is -0.141. The van der Waals surface area contributed by atoms with Crippen LogP contribution in [0.15, 0.2) is 47.1 Å². The molecule has 27 heavy (non-hydrogen) atoms. The molecular formula is C20H18N2O4S. The molecule has 0 aliphatic rings. The summed E-state index contributed by atoms with van der Waals surface area (Å²) in [5, 5.41) is 4.34. The summed E-state index contributed by atoms with van der Waals surface area (Å²) in [4.78, 5) is 16.9. The van der Waals surface area contributed by atoms with E-state index in [2.05, 4.69) is 10.3 Å². The lowest BCUT2D eigenvalue weighted by Gasteiger charge is -2.01. The van der Waals surface area contributed by atoms with Gasteiger partial charge in [0.2, 0.25) is 5.91 Å². The number of ether oxygens (including phenoxy) is 2. The van der Waals surface area contributed by atoms with Crippen molar-refractivity contribution in [2.45, 2.75) is 13.3 Å². The van der Waals surface area contributed by atoms with Gasteiger partial charge in [0.05, 0.1) is 36.6 Å². The monoisotopic (exact) mass is 382 g/mol. The Labute approximate surface area is 159 Å². The molecule has 1 N–H and O–H groups in total. The summed E-state index contributed by atoms with van der Waals surface area (Å²) in [5.74, 6) is 1.37. The first kappa shape index (κ1) is 17.4. The van der Waals surface area contributed by atoms with Crippen LogP contribution >= 0.6 is 11.3 Å². The Hall–Kier alpha value is -3.06. The number of carbonyl (C=O) groups is 1. The van der Waals surface area contributed by atoms with E-state index in [1.165, 1.54) is 11.3 Å². The maximum absolute atomic E-state index is 12.5. The van der Waals surface area contributed by atoms with E-state index < -0.39 is 0 Å². The number of thiazole rings is 1. The van der Waals surface area contributed by atoms with Crippen molar-refractivity contribution in [1.82, 2.24) is 4.98 Å². The Kier molecular flexibility index (Phi) is 4.68. The number of fused-ring (bicyclic) bond motifs is 2. The van der Waals surface area contributed by atoms with E-state index in [4.69, 9.17) is 13.9 Å². The molecular weight excluding hydrogens is 364 g/mol. The lowest BCUT2D eigenvalue weighted by Crippen LogP contribution is -2.13. The number of hydrogen-bond acceptors (Lipinski definition) is 6. The van der Waals surface area contributed by atoms with Crippen molar-refractivity contribution in [2.75, 3.05) is 19.0 Å². The van der Waals surface area contributed by atoms with Crippen LogP contribution in [-0.4, -0.2) is 24.6 Å². The summed E-state index contributed by atoms with van der Waals surface area (Å²) < 4.78 is 17.2. The predicted octanol–water partition coefficient (Wildman–Crippen LogP) is 4.63. The Morgan fingerprint density at radius 1 is 1.22 bits per heavy atom. The minimum absolute atomic E-state index is 0.141. The lowest BCUT2D eigenvalue weighted by molar-refractivity contribution is -0.115. The molecule has 4 rings (SSSR count). The topological polar surface area (TPSA) is 73.6 Å². The molecule has 0 aliphatic carbocycles. The maximum atomic E-state index is 12.5. The van der Waals surface area contributed by atoms with E-state index in [0.29, 0.717) is 23.1 Å². The fourth-order valence-electron chi connectivity index (χ4n) is 2.88. The van der Waals surface area contributed by atoms with E-state index in [1.54, 1.807) is 19.4 Å². The van der Waals surface area contributed by atoms with Crippen LogP contribution in [-0.2, 0) is 11.2 Å². The second-order valence-electron chi connectivity index (χ2n) is 5.93. The number of aromatic nitrogens is 1. The fourth-order valence-corrected chi connectivity index (χ4v) is 3.79. The van der Waals surface area contributed by atoms with Crippen LogP contribution in [0.4, 0.5) is 5.13 Å². The third kappa shape index (κ3) is 3.59. The molecule has 0 saturated carbocycles. The standard InChI is InChI=1S/C20H18N2O4S/c1-3-25-14-5-7-16-18(10-14)27-20(21-16)22-19(23)8-12-11-26-17-9-13(24-2)4-6-15(12)17/h4-7,9-11H,3,8H2,1-2H3,(H,21,22,23). The average molecular weight is 382 g/mol. The quantitative estimate of drug-likeness (QED) is 0.526. The Balaban J connectivity index is 1.50. The zero-order chi connectivity index (χ0) is 18.8. The van der Waals surface area contributed by atoms with Crippen LogP contribution in [0.1, 0.15) is 12.5 Å². The first-order valence-electron chi connectivity index (χ1n) is 8.53. The van der Waals surface area contributed by atoms with Crippen molar-refractivity contribution in [1.29, 1.82) is 0 Å². The summed E-state index contributed by atoms with van der Waals surface area (Å²) in [6.45, 7) is 2.55. The summed E-state index contributed by atoms with van der Waals surface area (Å²) in [7, 11) is 1.60. The third-order valence-electron chi connectivity index (χ3n) is 4.13. The summed E-state index contributed by atoms with van der Waals surface area (Å²) in [6.07, 6.45) is 1.82. The number of amides is 1. The summed E-state index contributed by atoms with van der Waals surface area (Å²) in [5.41, 5.74) is 2.35. The Morgan fingerprint density at radius 3 is 2.89 bits per heavy atom. The number of nitrogens with one attached hydrogen (secondary N) is 1. The smallest absolute Gasteiger partial charge is 0.230 e. The highest BCUT2D eigenvalue weighted by atomic mass is 32.1. The molecule has 4 aromatic rings. The number of furan rings is 1. The molecule has 0 unspecified atom stereocenters. The van der Waals surface area contributed by atoms with Crippen LogP contribution in [0.5, 0.6) is 11.5 Å². The number of benzene rings is 2. The van der Waals surface area contributed by atoms with Crippen LogP contribution in [0, 0.1) is 0 Å². The SMILES string of the molecule is CCOc1ccc2nc(NC(=O)Cc3coc4cc(OC)ccc34)sc2c1. The lowest BCUT2D eigenvalue weighted by atomic mass is 10.1. The number of anilines is 1. The zero-order valence-electron chi connectivity index (χ0n) is 14.9. The molecule has 0 atom stereocenters. The van der Waals surface area contributed by atoms with Gasteiger partial charge in [0.15, 0.2) is 5.13 Å². The van der Waals surface area contributed by atoms with Crippen molar-refractivity contribution < 1.29 is 18.7 Å². The molecule has 0 aliphatic heterocycles. The van der Waals surface area contributed by atoms with Gasteiger partial charge in [-0.1, -0.05) is 11.3 Å². The van der Waals surface area contributed by atoms with Gasteiger partial charge >= 0.3 is 0 Å². The molecule has 0 bridgehead atoms. The summed E-state index contributed by atoms with van der Waals surface area (Å²) >= 11 is 1.42. The van der Waals surface area contributed by atoms with Gasteiger partial charge < -0.3 is 19.2 Å². The minimum Gasteiger partial charge on any atom is -0.497 e. The van der Waals surface area contributed by atoms with Gasteiger partial charge in [0.25, 0.3) is 0 Å². The third-order valence-corrected chi connectivity index (χ3v) is 5.06. The van der Waals surface area contributed by atoms with Gasteiger partial charge in [-0.25, -0.2) is 4.98 Å². The predicted molar refractivity (Wildman–Crippen MR) is 106 cm³/mol. The molecule has 138 valence electrons. The van der Waals surface area contributed by atoms with Crippen LogP contribution in [0.25, 0.3) is 21.2 Å². The molecule has 7 heteroatoms. The highest BCUT2D eigenvalue weighted by Crippen LogP contribution is 2.30. The molecule has 6 nitrogen and oxygen atoms in total. The van der Waals surface area contributed by atoms with Gasteiger partial charge in [-0.15, -0.1) is 0 Å². The van der Waals surface area contributed by atoms with Crippen LogP contribution < -0.4 is 14.8 Å². The first-order chi connectivity index (χ1) is 13.2. The molecule has 1 amide bonds. The van der Waals surface area contributed by atoms with E-state index in [0.717, 1.165) is 26.9 Å². The number of carbonyl (C=O) groups excluding carboxylic acids is 1. The van der Waals surface area contributed by atoms with Crippen molar-refractivity contribution >= 4 is 43.6 Å². The van der Waals surface area contributed by atoms with Crippen molar-refractivity contribution in [3.63, 3.8) is 0 Å². The van der Waals surface area contributed by atoms with Crippen molar-refractivity contribution in [2.24, 2.45) is 0 Å². The molecule has 2 aromatic heterocycles. The van der Waals surface area contributed by atoms with Crippen molar-refractivity contribution in [3.8, 4) is 11.5 Å². The van der Waals surface area contributed by atoms with Crippen LogP contribution in [0.3, 0.4) is 0 Å². The van der Waals surface area contributed by atoms with E-state index in [1.807, 2.05) is 37.3 Å². The number of hydrogen-bond donors (Lipinski definition) is 1. The van der Waals surface area contributed by atoms with Crippen molar-refractivity contribution in [3.05, 3.63) is 48.2 Å². The second kappa shape index (κ2) is 7.28. The van der Waals surface area contributed by atoms with E-state index in [-0.39, 0.29) is 12.3 Å². The van der Waals surface area contributed by atoms with Gasteiger partial charge in [-0.05, 0) is 37.3 Å². The fraction of sp³-hybridized carbons (Fsp3) is 0.200. The largest absolute Gasteiger partial charge is 0.497 e. The van der Waals surface area contributed by atoms with E-state index >= 15 is 0 Å². The van der Waals surface area contributed by atoms with Gasteiger partial charge in [-0.3, -0.25) is 4.79 Å². The van der Waals surface area contributed by atoms with Gasteiger partial charge in [0.1, 0.15) is 17.1 Å². The highest BCUT2D eigenvalue weighted by Gasteiger charge is 2.13. The van der Waals surface area contributed by atoms with Gasteiger partial charge in [-0.2, -0.15) is 0 Å². The molecule has 0 radical (unpaired) electrons. The normalized spacial score (nSPS) is 11.0. The Bertz CT molecular complexity index is 1120. The molecule has 2 aromatic carbocycles. The van der Waals surface area contributed by atoms with E-state index in [9.17, 15) is 4.79 Å². The average Bonchev–Trinajstić information content (AvgIpc) is 3.24. The number of rotatable bonds is 6. The molecule has 0 spiro atoms. The molecule has 0 fully saturated rings. The van der Waals surface area contributed by atoms with Gasteiger partial charge in [0, 0.05) is 17.0 Å². The molecule has 0 saturated heterocycles. The first-order valence-corrected chi connectivity index (χ1v) is 9.35. The Morgan fingerprint density at radius 2 is 2.07 bits per heavy atom. The highest BCUT2D eigenvalue weighted by molar-refractivity contribution is 7.22. The molecule has 2 heterocycles. The number of nitrogens with zero attached hydrogens (tertiary/aromatic N) is 1. The maximum Gasteiger partial charge on any atom is 0.230 e. The summed E-state index contributed by atoms with van der Waals surface area (Å²) in [6, 6.07) is 11.3. The number of methoxy groups -OCH3 is 1. The zero-order valence-corrected chi connectivity index (χ0v) is 15.8.